The van der Waals surface area contributed by atoms with Gasteiger partial charge in [-0.3, -0.25) is 4.79 Å². The molecule has 26 heavy (non-hydrogen) atoms. The van der Waals surface area contributed by atoms with Crippen molar-refractivity contribution in [1.82, 2.24) is 24.9 Å². The standard InChI is InChI=1S/C18H25N5O3/c1-10-6-5-7-14(13(10)4)20-15(24)9-26-17(25)16-21-18-19-11(2)8-12(3)23(18)22-16/h8,10,13-14H,5-7,9H2,1-4H3,(H,20,24)/t10-,13-,14+/m0/s1. The first-order chi connectivity index (χ1) is 12.3. The molecular weight excluding hydrogens is 334 g/mol. The maximum atomic E-state index is 12.2. The molecule has 0 spiro atoms. The van der Waals surface area contributed by atoms with E-state index >= 15 is 0 Å². The average Bonchev–Trinajstić information content (AvgIpc) is 3.01. The van der Waals surface area contributed by atoms with Crippen molar-refractivity contribution >= 4 is 17.7 Å². The third kappa shape index (κ3) is 3.84. The second kappa shape index (κ2) is 7.39. The summed E-state index contributed by atoms with van der Waals surface area (Å²) in [6.45, 7) is 7.72. The average molecular weight is 359 g/mol. The first-order valence-electron chi connectivity index (χ1n) is 9.02. The second-order valence-electron chi connectivity index (χ2n) is 7.20. The Morgan fingerprint density at radius 3 is 2.81 bits per heavy atom. The number of esters is 1. The summed E-state index contributed by atoms with van der Waals surface area (Å²) in [5.74, 6) is 0.215. The number of carbonyl (C=O) groups is 2. The lowest BCUT2D eigenvalue weighted by Crippen LogP contribution is -2.45. The van der Waals surface area contributed by atoms with E-state index in [2.05, 4.69) is 34.2 Å². The summed E-state index contributed by atoms with van der Waals surface area (Å²) in [5.41, 5.74) is 1.61. The van der Waals surface area contributed by atoms with Crippen molar-refractivity contribution in [2.75, 3.05) is 6.61 Å². The lowest BCUT2D eigenvalue weighted by molar-refractivity contribution is -0.125. The molecule has 3 rings (SSSR count). The number of carbonyl (C=O) groups excluding carboxylic acids is 2. The van der Waals surface area contributed by atoms with E-state index < -0.39 is 5.97 Å². The third-order valence-corrected chi connectivity index (χ3v) is 5.19. The molecule has 0 bridgehead atoms. The van der Waals surface area contributed by atoms with Gasteiger partial charge in [0.05, 0.1) is 0 Å². The summed E-state index contributed by atoms with van der Waals surface area (Å²) in [6.07, 6.45) is 3.26. The van der Waals surface area contributed by atoms with Gasteiger partial charge in [0.25, 0.3) is 17.5 Å². The van der Waals surface area contributed by atoms with Gasteiger partial charge < -0.3 is 10.1 Å². The van der Waals surface area contributed by atoms with Gasteiger partial charge in [-0.1, -0.05) is 26.7 Å². The van der Waals surface area contributed by atoms with Gasteiger partial charge in [0, 0.05) is 17.4 Å². The number of nitrogens with zero attached hydrogens (tertiary/aromatic N) is 4. The molecule has 0 aliphatic heterocycles. The van der Waals surface area contributed by atoms with E-state index in [-0.39, 0.29) is 24.4 Å². The Balaban J connectivity index is 1.58. The third-order valence-electron chi connectivity index (χ3n) is 5.19. The highest BCUT2D eigenvalue weighted by Crippen LogP contribution is 2.29. The number of amides is 1. The van der Waals surface area contributed by atoms with Crippen LogP contribution >= 0.6 is 0 Å². The van der Waals surface area contributed by atoms with Gasteiger partial charge in [0.2, 0.25) is 0 Å². The van der Waals surface area contributed by atoms with E-state index in [1.54, 1.807) is 0 Å². The molecular formula is C18H25N5O3. The predicted molar refractivity (Wildman–Crippen MR) is 94.6 cm³/mol. The molecule has 2 heterocycles. The Bertz CT molecular complexity index is 832. The summed E-state index contributed by atoms with van der Waals surface area (Å²) >= 11 is 0. The van der Waals surface area contributed by atoms with Crippen LogP contribution in [0, 0.1) is 25.7 Å². The summed E-state index contributed by atoms with van der Waals surface area (Å²) in [7, 11) is 0. The maximum absolute atomic E-state index is 12.2. The number of fused-ring (bicyclic) bond motifs is 1. The number of hydrogen-bond donors (Lipinski definition) is 1. The molecule has 0 unspecified atom stereocenters. The molecule has 1 amide bonds. The number of aromatic nitrogens is 4. The highest BCUT2D eigenvalue weighted by molar-refractivity contribution is 5.88. The number of ether oxygens (including phenoxy) is 1. The van der Waals surface area contributed by atoms with Crippen LogP contribution in [0.5, 0.6) is 0 Å². The van der Waals surface area contributed by atoms with Gasteiger partial charge >= 0.3 is 5.97 Å². The van der Waals surface area contributed by atoms with Crippen molar-refractivity contribution in [1.29, 1.82) is 0 Å². The molecule has 2 aromatic rings. The largest absolute Gasteiger partial charge is 0.450 e. The van der Waals surface area contributed by atoms with E-state index in [1.807, 2.05) is 19.9 Å². The Morgan fingerprint density at radius 1 is 1.27 bits per heavy atom. The lowest BCUT2D eigenvalue weighted by atomic mass is 9.78. The fraction of sp³-hybridized carbons (Fsp3) is 0.611. The van der Waals surface area contributed by atoms with Gasteiger partial charge in [0.15, 0.2) is 6.61 Å². The molecule has 2 aromatic heterocycles. The van der Waals surface area contributed by atoms with Crippen molar-refractivity contribution < 1.29 is 14.3 Å². The van der Waals surface area contributed by atoms with Gasteiger partial charge in [-0.05, 0) is 38.2 Å². The van der Waals surface area contributed by atoms with Crippen molar-refractivity contribution in [3.63, 3.8) is 0 Å². The molecule has 140 valence electrons. The zero-order valence-electron chi connectivity index (χ0n) is 15.7. The van der Waals surface area contributed by atoms with Gasteiger partial charge in [-0.25, -0.2) is 14.3 Å². The topological polar surface area (TPSA) is 98.5 Å². The van der Waals surface area contributed by atoms with E-state index in [0.717, 1.165) is 24.2 Å². The quantitative estimate of drug-likeness (QED) is 0.837. The smallest absolute Gasteiger partial charge is 0.378 e. The Morgan fingerprint density at radius 2 is 2.04 bits per heavy atom. The molecule has 1 fully saturated rings. The summed E-state index contributed by atoms with van der Waals surface area (Å²) < 4.78 is 6.56. The molecule has 8 heteroatoms. The number of aryl methyl sites for hydroxylation is 2. The Labute approximate surface area is 152 Å². The van der Waals surface area contributed by atoms with E-state index in [0.29, 0.717) is 17.6 Å². The van der Waals surface area contributed by atoms with Crippen LogP contribution in [0.25, 0.3) is 5.78 Å². The summed E-state index contributed by atoms with van der Waals surface area (Å²) in [4.78, 5) is 32.6. The zero-order chi connectivity index (χ0) is 18.8. The number of hydrogen-bond acceptors (Lipinski definition) is 6. The Hall–Kier alpha value is -2.51. The first kappa shape index (κ1) is 18.3. The van der Waals surface area contributed by atoms with Crippen LogP contribution in [0.3, 0.4) is 0 Å². The van der Waals surface area contributed by atoms with Crippen LogP contribution in [-0.4, -0.2) is 44.1 Å². The minimum atomic E-state index is -0.729. The highest BCUT2D eigenvalue weighted by Gasteiger charge is 2.28. The molecule has 1 aliphatic carbocycles. The van der Waals surface area contributed by atoms with Crippen molar-refractivity contribution in [2.45, 2.75) is 53.0 Å². The van der Waals surface area contributed by atoms with Crippen LogP contribution < -0.4 is 5.32 Å². The molecule has 8 nitrogen and oxygen atoms in total. The van der Waals surface area contributed by atoms with Crippen LogP contribution in [-0.2, 0) is 9.53 Å². The molecule has 3 atom stereocenters. The minimum Gasteiger partial charge on any atom is -0.450 e. The molecule has 1 aliphatic rings. The highest BCUT2D eigenvalue weighted by atomic mass is 16.5. The monoisotopic (exact) mass is 359 g/mol. The van der Waals surface area contributed by atoms with Crippen molar-refractivity contribution in [3.8, 4) is 0 Å². The fourth-order valence-corrected chi connectivity index (χ4v) is 3.48. The minimum absolute atomic E-state index is 0.0985. The fourth-order valence-electron chi connectivity index (χ4n) is 3.48. The van der Waals surface area contributed by atoms with Crippen LogP contribution in [0.15, 0.2) is 6.07 Å². The first-order valence-corrected chi connectivity index (χ1v) is 9.02. The normalized spacial score (nSPS) is 23.0. The van der Waals surface area contributed by atoms with Gasteiger partial charge in [-0.15, -0.1) is 5.10 Å². The molecule has 1 saturated carbocycles. The van der Waals surface area contributed by atoms with Crippen LogP contribution in [0.2, 0.25) is 0 Å². The summed E-state index contributed by atoms with van der Waals surface area (Å²) in [6, 6.07) is 1.98. The SMILES string of the molecule is Cc1cc(C)n2nc(C(=O)OCC(=O)N[C@@H]3CCC[C@H](C)[C@@H]3C)nc2n1. The van der Waals surface area contributed by atoms with Gasteiger partial charge in [0.1, 0.15) is 0 Å². The van der Waals surface area contributed by atoms with E-state index in [4.69, 9.17) is 4.74 Å². The van der Waals surface area contributed by atoms with E-state index in [9.17, 15) is 9.59 Å². The summed E-state index contributed by atoms with van der Waals surface area (Å²) in [5, 5.41) is 7.08. The van der Waals surface area contributed by atoms with Crippen molar-refractivity contribution in [2.24, 2.45) is 11.8 Å². The second-order valence-corrected chi connectivity index (χ2v) is 7.20. The van der Waals surface area contributed by atoms with Gasteiger partial charge in [-0.2, -0.15) is 4.98 Å². The zero-order valence-corrected chi connectivity index (χ0v) is 15.7. The molecule has 0 saturated heterocycles. The number of rotatable bonds is 4. The molecule has 0 radical (unpaired) electrons. The van der Waals surface area contributed by atoms with E-state index in [1.165, 1.54) is 10.9 Å². The number of nitrogens with one attached hydrogen (secondary N) is 1. The van der Waals surface area contributed by atoms with Crippen LogP contribution in [0.1, 0.15) is 55.1 Å². The molecule has 0 aromatic carbocycles. The van der Waals surface area contributed by atoms with Crippen LogP contribution in [0.4, 0.5) is 0 Å². The predicted octanol–water partition coefficient (Wildman–Crippen LogP) is 1.84. The van der Waals surface area contributed by atoms with Crippen molar-refractivity contribution in [3.05, 3.63) is 23.3 Å². The Kier molecular flexibility index (Phi) is 5.20. The molecule has 1 N–H and O–H groups in total. The lowest BCUT2D eigenvalue weighted by Gasteiger charge is -2.34. The maximum Gasteiger partial charge on any atom is 0.378 e.